The smallest absolute Gasteiger partial charge is 0.295 e. The number of rotatable bonds is 4. The van der Waals surface area contributed by atoms with Gasteiger partial charge in [-0.1, -0.05) is 6.07 Å². The van der Waals surface area contributed by atoms with E-state index in [9.17, 15) is 14.5 Å². The van der Waals surface area contributed by atoms with Gasteiger partial charge in [-0.05, 0) is 13.0 Å². The molecule has 19 heavy (non-hydrogen) atoms. The molecular weight excluding hydrogens is 251 g/mol. The Kier molecular flexibility index (Phi) is 3.65. The minimum atomic E-state index is -0.676. The molecule has 98 valence electrons. The summed E-state index contributed by atoms with van der Waals surface area (Å²) < 4.78 is 13.7. The van der Waals surface area contributed by atoms with Crippen LogP contribution >= 0.6 is 0 Å². The van der Waals surface area contributed by atoms with E-state index in [1.165, 1.54) is 36.8 Å². The van der Waals surface area contributed by atoms with Crippen LogP contribution < -0.4 is 5.32 Å². The van der Waals surface area contributed by atoms with Crippen molar-refractivity contribution >= 4 is 11.4 Å². The summed E-state index contributed by atoms with van der Waals surface area (Å²) in [5.41, 5.74) is 0.112. The Balaban J connectivity index is 2.31. The van der Waals surface area contributed by atoms with E-state index < -0.39 is 16.8 Å². The van der Waals surface area contributed by atoms with Gasteiger partial charge in [0.1, 0.15) is 5.69 Å². The monoisotopic (exact) mass is 262 g/mol. The third-order valence-corrected chi connectivity index (χ3v) is 2.58. The van der Waals surface area contributed by atoms with Crippen LogP contribution in [-0.4, -0.2) is 14.9 Å². The maximum atomic E-state index is 13.7. The van der Waals surface area contributed by atoms with E-state index in [4.69, 9.17) is 0 Å². The van der Waals surface area contributed by atoms with Crippen molar-refractivity contribution in [1.29, 1.82) is 0 Å². The molecule has 1 aromatic heterocycles. The summed E-state index contributed by atoms with van der Waals surface area (Å²) in [7, 11) is 0. The number of benzene rings is 1. The third-order valence-electron chi connectivity index (χ3n) is 2.58. The summed E-state index contributed by atoms with van der Waals surface area (Å²) in [4.78, 5) is 18.2. The van der Waals surface area contributed by atoms with Crippen molar-refractivity contribution in [3.8, 4) is 0 Å². The number of nitro groups is 1. The quantitative estimate of drug-likeness (QED) is 0.676. The van der Waals surface area contributed by atoms with Crippen LogP contribution in [0.1, 0.15) is 18.7 Å². The molecule has 0 aliphatic carbocycles. The topological polar surface area (TPSA) is 81.0 Å². The predicted octanol–water partition coefficient (Wildman–Crippen LogP) is 2.70. The average molecular weight is 262 g/mol. The van der Waals surface area contributed by atoms with E-state index in [2.05, 4.69) is 15.3 Å². The lowest BCUT2D eigenvalue weighted by atomic mass is 10.2. The molecule has 0 fully saturated rings. The van der Waals surface area contributed by atoms with E-state index in [-0.39, 0.29) is 11.4 Å². The fourth-order valence-electron chi connectivity index (χ4n) is 1.63. The molecule has 1 aromatic carbocycles. The van der Waals surface area contributed by atoms with Gasteiger partial charge in [0.25, 0.3) is 5.69 Å². The molecule has 7 heteroatoms. The zero-order chi connectivity index (χ0) is 13.8. The van der Waals surface area contributed by atoms with Crippen molar-refractivity contribution in [2.24, 2.45) is 0 Å². The van der Waals surface area contributed by atoms with E-state index in [0.717, 1.165) is 0 Å². The third kappa shape index (κ3) is 2.82. The zero-order valence-electron chi connectivity index (χ0n) is 10.1. The molecule has 0 saturated heterocycles. The number of nitrogens with one attached hydrogen (secondary N) is 1. The molecule has 0 aliphatic rings. The first kappa shape index (κ1) is 12.9. The molecule has 1 N–H and O–H groups in total. The highest BCUT2D eigenvalue weighted by molar-refractivity contribution is 5.62. The summed E-state index contributed by atoms with van der Waals surface area (Å²) in [5.74, 6) is -0.676. The summed E-state index contributed by atoms with van der Waals surface area (Å²) in [5, 5.41) is 13.6. The van der Waals surface area contributed by atoms with Gasteiger partial charge in [-0.25, -0.2) is 4.39 Å². The Morgan fingerprint density at radius 1 is 1.42 bits per heavy atom. The second-order valence-electron chi connectivity index (χ2n) is 3.89. The standard InChI is InChI=1S/C12H11FN4O2/c1-8(10-7-14-5-6-15-10)16-12-9(13)3-2-4-11(12)17(18)19/h2-8,16H,1H3. The molecule has 0 aliphatic heterocycles. The highest BCUT2D eigenvalue weighted by atomic mass is 19.1. The van der Waals surface area contributed by atoms with Crippen molar-refractivity contribution in [1.82, 2.24) is 9.97 Å². The average Bonchev–Trinajstić information content (AvgIpc) is 2.41. The Hall–Kier alpha value is -2.57. The van der Waals surface area contributed by atoms with Crippen LogP contribution in [0.3, 0.4) is 0 Å². The summed E-state index contributed by atoms with van der Waals surface area (Å²) in [6.07, 6.45) is 4.54. The number of nitrogens with zero attached hydrogens (tertiary/aromatic N) is 3. The number of hydrogen-bond acceptors (Lipinski definition) is 5. The van der Waals surface area contributed by atoms with Gasteiger partial charge in [0.15, 0.2) is 5.82 Å². The number of nitro benzene ring substituents is 1. The Bertz CT molecular complexity index is 592. The van der Waals surface area contributed by atoms with E-state index >= 15 is 0 Å². The maximum Gasteiger partial charge on any atom is 0.295 e. The van der Waals surface area contributed by atoms with Crippen molar-refractivity contribution in [3.63, 3.8) is 0 Å². The Morgan fingerprint density at radius 2 is 2.21 bits per heavy atom. The maximum absolute atomic E-state index is 13.7. The minimum Gasteiger partial charge on any atom is -0.369 e. The van der Waals surface area contributed by atoms with Gasteiger partial charge < -0.3 is 5.32 Å². The molecule has 0 bridgehead atoms. The predicted molar refractivity (Wildman–Crippen MR) is 67.1 cm³/mol. The molecule has 0 amide bonds. The fraction of sp³-hybridized carbons (Fsp3) is 0.167. The minimum absolute atomic E-state index is 0.148. The van der Waals surface area contributed by atoms with Crippen molar-refractivity contribution < 1.29 is 9.31 Å². The first-order chi connectivity index (χ1) is 9.09. The molecule has 2 aromatic rings. The van der Waals surface area contributed by atoms with Gasteiger partial charge in [-0.3, -0.25) is 20.1 Å². The van der Waals surface area contributed by atoms with Crippen LogP contribution in [0.2, 0.25) is 0 Å². The van der Waals surface area contributed by atoms with Gasteiger partial charge >= 0.3 is 0 Å². The molecule has 6 nitrogen and oxygen atoms in total. The lowest BCUT2D eigenvalue weighted by Gasteiger charge is -2.14. The number of anilines is 1. The van der Waals surface area contributed by atoms with Gasteiger partial charge in [0.05, 0.1) is 22.9 Å². The van der Waals surface area contributed by atoms with Gasteiger partial charge in [0.2, 0.25) is 0 Å². The van der Waals surface area contributed by atoms with Crippen LogP contribution in [0, 0.1) is 15.9 Å². The van der Waals surface area contributed by atoms with Crippen molar-refractivity contribution in [3.05, 3.63) is 58.4 Å². The van der Waals surface area contributed by atoms with Gasteiger partial charge in [0, 0.05) is 18.5 Å². The number of halogens is 1. The fourth-order valence-corrected chi connectivity index (χ4v) is 1.63. The Labute approximate surface area is 108 Å². The molecule has 1 heterocycles. The molecule has 2 rings (SSSR count). The second-order valence-corrected chi connectivity index (χ2v) is 3.89. The van der Waals surface area contributed by atoms with Gasteiger partial charge in [-0.15, -0.1) is 0 Å². The summed E-state index contributed by atoms with van der Waals surface area (Å²) in [6, 6.07) is 3.31. The van der Waals surface area contributed by atoms with Crippen LogP contribution in [0.4, 0.5) is 15.8 Å². The first-order valence-electron chi connectivity index (χ1n) is 5.55. The molecule has 0 saturated carbocycles. The van der Waals surface area contributed by atoms with Crippen LogP contribution in [0.25, 0.3) is 0 Å². The largest absolute Gasteiger partial charge is 0.369 e. The SMILES string of the molecule is CC(Nc1c(F)cccc1[N+](=O)[O-])c1cnccn1. The van der Waals surface area contributed by atoms with Crippen LogP contribution in [-0.2, 0) is 0 Å². The molecular formula is C12H11FN4O2. The summed E-state index contributed by atoms with van der Waals surface area (Å²) >= 11 is 0. The highest BCUT2D eigenvalue weighted by Crippen LogP contribution is 2.29. The van der Waals surface area contributed by atoms with Crippen LogP contribution in [0.15, 0.2) is 36.8 Å². The van der Waals surface area contributed by atoms with Crippen molar-refractivity contribution in [2.45, 2.75) is 13.0 Å². The van der Waals surface area contributed by atoms with Gasteiger partial charge in [-0.2, -0.15) is 0 Å². The highest BCUT2D eigenvalue weighted by Gasteiger charge is 2.20. The first-order valence-corrected chi connectivity index (χ1v) is 5.55. The van der Waals surface area contributed by atoms with Crippen molar-refractivity contribution in [2.75, 3.05) is 5.32 Å². The molecule has 0 spiro atoms. The van der Waals surface area contributed by atoms with E-state index in [1.54, 1.807) is 6.92 Å². The lowest BCUT2D eigenvalue weighted by molar-refractivity contribution is -0.384. The molecule has 1 atom stereocenters. The second kappa shape index (κ2) is 5.38. The number of hydrogen-bond donors (Lipinski definition) is 1. The zero-order valence-corrected chi connectivity index (χ0v) is 10.1. The lowest BCUT2D eigenvalue weighted by Crippen LogP contribution is -2.11. The molecule has 1 unspecified atom stereocenters. The number of para-hydroxylation sites is 1. The van der Waals surface area contributed by atoms with Crippen LogP contribution in [0.5, 0.6) is 0 Å². The normalized spacial score (nSPS) is 11.9. The molecule has 0 radical (unpaired) electrons. The van der Waals surface area contributed by atoms with E-state index in [0.29, 0.717) is 5.69 Å². The number of aromatic nitrogens is 2. The van der Waals surface area contributed by atoms with E-state index in [1.807, 2.05) is 0 Å². The Morgan fingerprint density at radius 3 is 2.84 bits per heavy atom. The summed E-state index contributed by atoms with van der Waals surface area (Å²) in [6.45, 7) is 1.72.